The van der Waals surface area contributed by atoms with E-state index in [0.29, 0.717) is 6.42 Å². The third-order valence-electron chi connectivity index (χ3n) is 4.01. The first-order valence-electron chi connectivity index (χ1n) is 6.94. The zero-order chi connectivity index (χ0) is 15.1. The second kappa shape index (κ2) is 5.04. The molecule has 0 radical (unpaired) electrons. The van der Waals surface area contributed by atoms with Crippen molar-refractivity contribution in [3.05, 3.63) is 28.8 Å². The highest BCUT2D eigenvalue weighted by Crippen LogP contribution is 2.35. The number of sulfonamides is 1. The first kappa shape index (κ1) is 15.3. The van der Waals surface area contributed by atoms with E-state index < -0.39 is 15.6 Å². The van der Waals surface area contributed by atoms with Crippen LogP contribution in [0.5, 0.6) is 5.75 Å². The Bertz CT molecular complexity index is 620. The lowest BCUT2D eigenvalue weighted by atomic mass is 9.88. The van der Waals surface area contributed by atoms with Crippen molar-refractivity contribution in [3.63, 3.8) is 0 Å². The van der Waals surface area contributed by atoms with Crippen molar-refractivity contribution in [2.45, 2.75) is 52.7 Å². The maximum Gasteiger partial charge on any atom is 0.211 e. The fourth-order valence-electron chi connectivity index (χ4n) is 2.41. The van der Waals surface area contributed by atoms with E-state index >= 15 is 0 Å². The summed E-state index contributed by atoms with van der Waals surface area (Å²) in [4.78, 5) is 0. The Morgan fingerprint density at radius 3 is 2.50 bits per heavy atom. The molecule has 1 aliphatic rings. The Hall–Kier alpha value is -1.07. The highest BCUT2D eigenvalue weighted by atomic mass is 32.2. The van der Waals surface area contributed by atoms with Gasteiger partial charge in [-0.2, -0.15) is 0 Å². The standard InChI is InChI=1S/C15H23NO3S/c1-6-20(17,18)16-14-9-12-7-10(2)11(3)8-13(12)19-15(14,4)5/h7-8,14,16H,6,9H2,1-5H3. The molecular formula is C15H23NO3S. The van der Waals surface area contributed by atoms with E-state index in [0.717, 1.165) is 11.3 Å². The number of ether oxygens (including phenoxy) is 1. The first-order chi connectivity index (χ1) is 9.14. The molecule has 112 valence electrons. The fraction of sp³-hybridized carbons (Fsp3) is 0.600. The van der Waals surface area contributed by atoms with E-state index in [4.69, 9.17) is 4.74 Å². The predicted octanol–water partition coefficient (Wildman–Crippen LogP) is 2.32. The number of benzene rings is 1. The molecule has 1 heterocycles. The topological polar surface area (TPSA) is 55.4 Å². The molecule has 2 rings (SSSR count). The van der Waals surface area contributed by atoms with Gasteiger partial charge in [-0.25, -0.2) is 13.1 Å². The van der Waals surface area contributed by atoms with E-state index in [1.54, 1.807) is 6.92 Å². The van der Waals surface area contributed by atoms with E-state index in [2.05, 4.69) is 24.6 Å². The number of hydrogen-bond acceptors (Lipinski definition) is 3. The largest absolute Gasteiger partial charge is 0.486 e. The van der Waals surface area contributed by atoms with Gasteiger partial charge in [0.05, 0.1) is 11.8 Å². The van der Waals surface area contributed by atoms with Crippen molar-refractivity contribution in [2.75, 3.05) is 5.75 Å². The van der Waals surface area contributed by atoms with E-state index in [9.17, 15) is 8.42 Å². The average molecular weight is 297 g/mol. The van der Waals surface area contributed by atoms with Crippen molar-refractivity contribution < 1.29 is 13.2 Å². The van der Waals surface area contributed by atoms with Gasteiger partial charge < -0.3 is 4.74 Å². The maximum absolute atomic E-state index is 11.8. The summed E-state index contributed by atoms with van der Waals surface area (Å²) in [5.74, 6) is 0.948. The fourth-order valence-corrected chi connectivity index (χ4v) is 3.38. The Labute approximate surface area is 121 Å². The molecule has 1 aromatic rings. The normalized spacial score (nSPS) is 21.1. The lowest BCUT2D eigenvalue weighted by molar-refractivity contribution is 0.0574. The van der Waals surface area contributed by atoms with Crippen LogP contribution in [0.3, 0.4) is 0 Å². The number of fused-ring (bicyclic) bond motifs is 1. The summed E-state index contributed by atoms with van der Waals surface area (Å²) >= 11 is 0. The molecule has 20 heavy (non-hydrogen) atoms. The van der Waals surface area contributed by atoms with Gasteiger partial charge in [0.15, 0.2) is 0 Å². The Balaban J connectivity index is 2.36. The summed E-state index contributed by atoms with van der Waals surface area (Å²) in [6.45, 7) is 9.60. The average Bonchev–Trinajstić information content (AvgIpc) is 2.32. The number of aryl methyl sites for hydroxylation is 2. The summed E-state index contributed by atoms with van der Waals surface area (Å²) in [6.07, 6.45) is 0.655. The van der Waals surface area contributed by atoms with Crippen molar-refractivity contribution in [1.82, 2.24) is 4.72 Å². The summed E-state index contributed by atoms with van der Waals surface area (Å²) in [6, 6.07) is 3.88. The smallest absolute Gasteiger partial charge is 0.211 e. The van der Waals surface area contributed by atoms with Crippen molar-refractivity contribution in [2.24, 2.45) is 0 Å². The Morgan fingerprint density at radius 2 is 1.90 bits per heavy atom. The third-order valence-corrected chi connectivity index (χ3v) is 5.42. The van der Waals surface area contributed by atoms with Crippen LogP contribution in [0.4, 0.5) is 0 Å². The van der Waals surface area contributed by atoms with Crippen LogP contribution in [0.2, 0.25) is 0 Å². The van der Waals surface area contributed by atoms with Gasteiger partial charge in [0.2, 0.25) is 10.0 Å². The zero-order valence-electron chi connectivity index (χ0n) is 12.8. The van der Waals surface area contributed by atoms with Crippen LogP contribution < -0.4 is 9.46 Å². The van der Waals surface area contributed by atoms with Crippen molar-refractivity contribution in [1.29, 1.82) is 0 Å². The number of nitrogens with one attached hydrogen (secondary N) is 1. The van der Waals surface area contributed by atoms with Crippen LogP contribution >= 0.6 is 0 Å². The van der Waals surface area contributed by atoms with Gasteiger partial charge in [0.25, 0.3) is 0 Å². The van der Waals surface area contributed by atoms with Crippen LogP contribution in [0.1, 0.15) is 37.5 Å². The molecule has 0 saturated carbocycles. The molecule has 5 heteroatoms. The number of rotatable bonds is 3. The van der Waals surface area contributed by atoms with Crippen LogP contribution in [0.15, 0.2) is 12.1 Å². The lowest BCUT2D eigenvalue weighted by Crippen LogP contribution is -2.56. The number of hydrogen-bond donors (Lipinski definition) is 1. The molecule has 0 saturated heterocycles. The Kier molecular flexibility index (Phi) is 3.86. The van der Waals surface area contributed by atoms with Crippen LogP contribution in [0, 0.1) is 13.8 Å². The van der Waals surface area contributed by atoms with Gasteiger partial charge in [-0.15, -0.1) is 0 Å². The van der Waals surface area contributed by atoms with E-state index in [1.165, 1.54) is 11.1 Å². The summed E-state index contributed by atoms with van der Waals surface area (Å²) in [7, 11) is -3.24. The van der Waals surface area contributed by atoms with Gasteiger partial charge in [0, 0.05) is 0 Å². The molecule has 0 aliphatic carbocycles. The molecule has 1 unspecified atom stereocenters. The molecule has 1 aromatic carbocycles. The predicted molar refractivity (Wildman–Crippen MR) is 80.7 cm³/mol. The molecule has 1 atom stereocenters. The molecular weight excluding hydrogens is 274 g/mol. The first-order valence-corrected chi connectivity index (χ1v) is 8.59. The highest BCUT2D eigenvalue weighted by molar-refractivity contribution is 7.89. The van der Waals surface area contributed by atoms with Crippen LogP contribution in [-0.2, 0) is 16.4 Å². The third kappa shape index (κ3) is 2.99. The van der Waals surface area contributed by atoms with E-state index in [1.807, 2.05) is 19.9 Å². The molecule has 0 aromatic heterocycles. The van der Waals surface area contributed by atoms with Gasteiger partial charge in [-0.1, -0.05) is 6.07 Å². The monoisotopic (exact) mass is 297 g/mol. The second-order valence-electron chi connectivity index (χ2n) is 6.03. The van der Waals surface area contributed by atoms with Crippen LogP contribution in [-0.4, -0.2) is 25.8 Å². The minimum absolute atomic E-state index is 0.0827. The van der Waals surface area contributed by atoms with Crippen molar-refractivity contribution >= 4 is 10.0 Å². The molecule has 1 aliphatic heterocycles. The molecule has 0 fully saturated rings. The molecule has 0 spiro atoms. The lowest BCUT2D eigenvalue weighted by Gasteiger charge is -2.40. The molecule has 1 N–H and O–H groups in total. The van der Waals surface area contributed by atoms with Crippen LogP contribution in [0.25, 0.3) is 0 Å². The Morgan fingerprint density at radius 1 is 1.30 bits per heavy atom. The summed E-state index contributed by atoms with van der Waals surface area (Å²) < 4.78 is 32.4. The molecule has 0 bridgehead atoms. The van der Waals surface area contributed by atoms with Gasteiger partial charge in [-0.05, 0) is 63.8 Å². The highest BCUT2D eigenvalue weighted by Gasteiger charge is 2.39. The van der Waals surface area contributed by atoms with Gasteiger partial charge >= 0.3 is 0 Å². The SMILES string of the molecule is CCS(=O)(=O)NC1Cc2cc(C)c(C)cc2OC1(C)C. The quantitative estimate of drug-likeness (QED) is 0.931. The maximum atomic E-state index is 11.8. The summed E-state index contributed by atoms with van der Waals surface area (Å²) in [5.41, 5.74) is 2.89. The minimum atomic E-state index is -3.24. The molecule has 4 nitrogen and oxygen atoms in total. The van der Waals surface area contributed by atoms with Crippen molar-refractivity contribution in [3.8, 4) is 5.75 Å². The summed E-state index contributed by atoms with van der Waals surface area (Å²) in [5, 5.41) is 0. The zero-order valence-corrected chi connectivity index (χ0v) is 13.6. The van der Waals surface area contributed by atoms with E-state index in [-0.39, 0.29) is 11.8 Å². The molecule has 0 amide bonds. The minimum Gasteiger partial charge on any atom is -0.486 e. The second-order valence-corrected chi connectivity index (χ2v) is 8.07. The van der Waals surface area contributed by atoms with Gasteiger partial charge in [-0.3, -0.25) is 0 Å². The van der Waals surface area contributed by atoms with Gasteiger partial charge in [0.1, 0.15) is 11.4 Å².